The molecule has 8 nitrogen and oxygen atoms in total. The third-order valence-corrected chi connectivity index (χ3v) is 5.69. The number of rotatable bonds is 9. The lowest BCUT2D eigenvalue weighted by Gasteiger charge is -2.16. The number of benzene rings is 2. The van der Waals surface area contributed by atoms with Crippen LogP contribution in [-0.4, -0.2) is 39.9 Å². The van der Waals surface area contributed by atoms with Crippen molar-refractivity contribution in [2.75, 3.05) is 20.3 Å². The smallest absolute Gasteiger partial charge is 0.220 e. The number of nitro groups is 1. The zero-order valence-electron chi connectivity index (χ0n) is 17.4. The van der Waals surface area contributed by atoms with E-state index >= 15 is 0 Å². The molecule has 0 saturated carbocycles. The van der Waals surface area contributed by atoms with Crippen LogP contribution in [0.5, 0.6) is 11.5 Å². The number of hydrogen-bond acceptors (Lipinski definition) is 7. The van der Waals surface area contributed by atoms with Gasteiger partial charge in [0.05, 0.1) is 13.7 Å². The SMILES string of the molecule is CCOc1ccc([C@@H](C[N+](=O)[O-])Sc2nnc(C)n2-c2ccc(C)cc2)cc1OC. The summed E-state index contributed by atoms with van der Waals surface area (Å²) < 4.78 is 12.9. The summed E-state index contributed by atoms with van der Waals surface area (Å²) in [5.74, 6) is 1.86. The molecule has 3 aromatic rings. The summed E-state index contributed by atoms with van der Waals surface area (Å²) in [5.41, 5.74) is 2.81. The van der Waals surface area contributed by atoms with Crippen LogP contribution in [0.3, 0.4) is 0 Å². The molecular weight excluding hydrogens is 404 g/mol. The van der Waals surface area contributed by atoms with Gasteiger partial charge in [-0.15, -0.1) is 10.2 Å². The van der Waals surface area contributed by atoms with E-state index in [1.54, 1.807) is 19.2 Å². The molecule has 0 bridgehead atoms. The minimum absolute atomic E-state index is 0.262. The van der Waals surface area contributed by atoms with Crippen molar-refractivity contribution in [3.63, 3.8) is 0 Å². The van der Waals surface area contributed by atoms with E-state index in [0.29, 0.717) is 29.1 Å². The summed E-state index contributed by atoms with van der Waals surface area (Å²) in [6.45, 7) is 6.01. The minimum atomic E-state index is -0.475. The predicted molar refractivity (Wildman–Crippen MR) is 115 cm³/mol. The van der Waals surface area contributed by atoms with Crippen molar-refractivity contribution in [3.8, 4) is 17.2 Å². The Labute approximate surface area is 179 Å². The van der Waals surface area contributed by atoms with Gasteiger partial charge in [-0.1, -0.05) is 35.5 Å². The Bertz CT molecular complexity index is 1020. The molecule has 0 saturated heterocycles. The second kappa shape index (κ2) is 9.62. The lowest BCUT2D eigenvalue weighted by atomic mass is 10.1. The third kappa shape index (κ3) is 4.91. The van der Waals surface area contributed by atoms with E-state index < -0.39 is 5.25 Å². The molecule has 0 fully saturated rings. The Morgan fingerprint density at radius 1 is 1.13 bits per heavy atom. The summed E-state index contributed by atoms with van der Waals surface area (Å²) in [4.78, 5) is 11.1. The van der Waals surface area contributed by atoms with Crippen molar-refractivity contribution in [2.45, 2.75) is 31.2 Å². The predicted octanol–water partition coefficient (Wildman–Crippen LogP) is 4.40. The lowest BCUT2D eigenvalue weighted by Crippen LogP contribution is -2.11. The summed E-state index contributed by atoms with van der Waals surface area (Å²) >= 11 is 1.31. The van der Waals surface area contributed by atoms with Crippen molar-refractivity contribution in [1.29, 1.82) is 0 Å². The van der Waals surface area contributed by atoms with Crippen molar-refractivity contribution in [3.05, 3.63) is 69.5 Å². The number of ether oxygens (including phenoxy) is 2. The van der Waals surface area contributed by atoms with Crippen molar-refractivity contribution >= 4 is 11.8 Å². The van der Waals surface area contributed by atoms with E-state index in [1.165, 1.54) is 11.8 Å². The molecule has 158 valence electrons. The van der Waals surface area contributed by atoms with Crippen LogP contribution in [0.2, 0.25) is 0 Å². The number of aryl methyl sites for hydroxylation is 2. The molecule has 1 aromatic heterocycles. The Hall–Kier alpha value is -3.07. The molecule has 0 amide bonds. The molecule has 0 radical (unpaired) electrons. The highest BCUT2D eigenvalue weighted by molar-refractivity contribution is 7.99. The number of hydrogen-bond donors (Lipinski definition) is 0. The van der Waals surface area contributed by atoms with E-state index in [2.05, 4.69) is 10.2 Å². The summed E-state index contributed by atoms with van der Waals surface area (Å²) in [6.07, 6.45) is 0. The van der Waals surface area contributed by atoms with E-state index in [0.717, 1.165) is 16.8 Å². The third-order valence-electron chi connectivity index (χ3n) is 4.51. The normalized spacial score (nSPS) is 11.9. The Morgan fingerprint density at radius 3 is 2.50 bits per heavy atom. The first-order valence-electron chi connectivity index (χ1n) is 9.51. The molecule has 3 rings (SSSR count). The Kier molecular flexibility index (Phi) is 6.94. The quantitative estimate of drug-likeness (QED) is 0.283. The molecule has 0 spiro atoms. The van der Waals surface area contributed by atoms with Gasteiger partial charge in [0.25, 0.3) is 0 Å². The van der Waals surface area contributed by atoms with Gasteiger partial charge in [0.15, 0.2) is 16.7 Å². The van der Waals surface area contributed by atoms with E-state index in [4.69, 9.17) is 9.47 Å². The number of aromatic nitrogens is 3. The van der Waals surface area contributed by atoms with Crippen LogP contribution in [0.1, 0.15) is 29.1 Å². The molecular formula is C21H24N4O4S. The average molecular weight is 429 g/mol. The maximum Gasteiger partial charge on any atom is 0.220 e. The van der Waals surface area contributed by atoms with Crippen molar-refractivity contribution in [2.24, 2.45) is 0 Å². The molecule has 0 aliphatic heterocycles. The molecule has 9 heteroatoms. The summed E-state index contributed by atoms with van der Waals surface area (Å²) in [6, 6.07) is 13.4. The van der Waals surface area contributed by atoms with Crippen LogP contribution < -0.4 is 9.47 Å². The fourth-order valence-electron chi connectivity index (χ4n) is 3.04. The zero-order valence-corrected chi connectivity index (χ0v) is 18.2. The molecule has 0 unspecified atom stereocenters. The van der Waals surface area contributed by atoms with Gasteiger partial charge in [-0.3, -0.25) is 14.7 Å². The maximum absolute atomic E-state index is 11.4. The van der Waals surface area contributed by atoms with Crippen LogP contribution in [-0.2, 0) is 0 Å². The first-order chi connectivity index (χ1) is 14.4. The first kappa shape index (κ1) is 21.6. The van der Waals surface area contributed by atoms with Crippen molar-refractivity contribution < 1.29 is 14.4 Å². The molecule has 1 atom stereocenters. The van der Waals surface area contributed by atoms with E-state index in [1.807, 2.05) is 55.7 Å². The highest BCUT2D eigenvalue weighted by Crippen LogP contribution is 2.39. The summed E-state index contributed by atoms with van der Waals surface area (Å²) in [7, 11) is 1.55. The standard InChI is InChI=1S/C21H24N4O4S/c1-5-29-18-11-8-16(12-19(18)28-4)20(13-24(26)27)30-21-23-22-15(3)25(21)17-9-6-14(2)7-10-17/h6-12,20H,5,13H2,1-4H3/t20-/m1/s1. The lowest BCUT2D eigenvalue weighted by molar-refractivity contribution is -0.479. The molecule has 30 heavy (non-hydrogen) atoms. The first-order valence-corrected chi connectivity index (χ1v) is 10.4. The molecule has 0 aliphatic rings. The highest BCUT2D eigenvalue weighted by atomic mass is 32.2. The number of thioether (sulfide) groups is 1. The second-order valence-corrected chi connectivity index (χ2v) is 7.84. The fourth-order valence-corrected chi connectivity index (χ4v) is 4.21. The fraction of sp³-hybridized carbons (Fsp3) is 0.333. The van der Waals surface area contributed by atoms with Crippen molar-refractivity contribution in [1.82, 2.24) is 14.8 Å². The second-order valence-electron chi connectivity index (χ2n) is 6.67. The number of methoxy groups -OCH3 is 1. The van der Waals surface area contributed by atoms with Crippen LogP contribution in [0.4, 0.5) is 0 Å². The van der Waals surface area contributed by atoms with Gasteiger partial charge >= 0.3 is 0 Å². The van der Waals surface area contributed by atoms with Gasteiger partial charge in [0, 0.05) is 10.6 Å². The molecule has 0 N–H and O–H groups in total. The highest BCUT2D eigenvalue weighted by Gasteiger charge is 2.25. The topological polar surface area (TPSA) is 92.3 Å². The largest absolute Gasteiger partial charge is 0.493 e. The van der Waals surface area contributed by atoms with E-state index in [-0.39, 0.29) is 11.5 Å². The maximum atomic E-state index is 11.4. The zero-order chi connectivity index (χ0) is 21.7. The molecule has 1 heterocycles. The Morgan fingerprint density at radius 2 is 1.87 bits per heavy atom. The molecule has 2 aromatic carbocycles. The van der Waals surface area contributed by atoms with E-state index in [9.17, 15) is 10.1 Å². The average Bonchev–Trinajstić information content (AvgIpc) is 3.08. The van der Waals surface area contributed by atoms with Gasteiger partial charge in [-0.25, -0.2) is 0 Å². The monoisotopic (exact) mass is 428 g/mol. The van der Waals surface area contributed by atoms with Gasteiger partial charge < -0.3 is 9.47 Å². The van der Waals surface area contributed by atoms with Crippen LogP contribution in [0.25, 0.3) is 5.69 Å². The molecule has 0 aliphatic carbocycles. The summed E-state index contributed by atoms with van der Waals surface area (Å²) in [5, 5.41) is 20.0. The Balaban J connectivity index is 1.97. The van der Waals surface area contributed by atoms with Gasteiger partial charge in [0.2, 0.25) is 6.54 Å². The van der Waals surface area contributed by atoms with Crippen LogP contribution in [0.15, 0.2) is 47.6 Å². The van der Waals surface area contributed by atoms with Crippen LogP contribution >= 0.6 is 11.8 Å². The van der Waals surface area contributed by atoms with Gasteiger partial charge in [0.1, 0.15) is 11.1 Å². The minimum Gasteiger partial charge on any atom is -0.493 e. The van der Waals surface area contributed by atoms with Crippen LogP contribution in [0, 0.1) is 24.0 Å². The van der Waals surface area contributed by atoms with Gasteiger partial charge in [-0.2, -0.15) is 0 Å². The number of nitrogens with zero attached hydrogens (tertiary/aromatic N) is 4. The van der Waals surface area contributed by atoms with Gasteiger partial charge in [-0.05, 0) is 50.6 Å².